The van der Waals surface area contributed by atoms with Crippen LogP contribution in [0.3, 0.4) is 0 Å². The molecule has 2 bridgehead atoms. The first-order valence-electron chi connectivity index (χ1n) is 8.63. The van der Waals surface area contributed by atoms with E-state index in [1.165, 1.54) is 36.8 Å². The van der Waals surface area contributed by atoms with E-state index in [1.807, 2.05) is 0 Å². The minimum absolute atomic E-state index is 0.440. The molecule has 3 atom stereocenters. The van der Waals surface area contributed by atoms with E-state index in [4.69, 9.17) is 0 Å². The van der Waals surface area contributed by atoms with Crippen molar-refractivity contribution in [2.45, 2.75) is 51.4 Å². The molecular formula is C20H24N2. The van der Waals surface area contributed by atoms with Crippen molar-refractivity contribution < 1.29 is 0 Å². The molecule has 0 saturated heterocycles. The van der Waals surface area contributed by atoms with Crippen LogP contribution < -0.4 is 0 Å². The van der Waals surface area contributed by atoms with Gasteiger partial charge in [0.1, 0.15) is 6.33 Å². The Labute approximate surface area is 133 Å². The number of fused-ring (bicyclic) bond motifs is 2. The van der Waals surface area contributed by atoms with Gasteiger partial charge in [-0.15, -0.1) is 0 Å². The summed E-state index contributed by atoms with van der Waals surface area (Å²) in [6.45, 7) is 4.34. The van der Waals surface area contributed by atoms with Crippen molar-refractivity contribution in [3.8, 4) is 11.3 Å². The number of hydrogen-bond acceptors (Lipinski definition) is 2. The smallest absolute Gasteiger partial charge is 0.116 e. The van der Waals surface area contributed by atoms with Gasteiger partial charge in [0.2, 0.25) is 0 Å². The van der Waals surface area contributed by atoms with E-state index in [2.05, 4.69) is 54.1 Å². The van der Waals surface area contributed by atoms with Gasteiger partial charge in [0.15, 0.2) is 0 Å². The molecule has 2 saturated carbocycles. The summed E-state index contributed by atoms with van der Waals surface area (Å²) >= 11 is 0. The lowest BCUT2D eigenvalue weighted by atomic mass is 9.83. The Hall–Kier alpha value is -1.70. The Kier molecular flexibility index (Phi) is 3.48. The maximum absolute atomic E-state index is 4.45. The average molecular weight is 292 g/mol. The first-order chi connectivity index (χ1) is 10.7. The number of hydrogen-bond donors (Lipinski definition) is 0. The van der Waals surface area contributed by atoms with Gasteiger partial charge in [-0.2, -0.15) is 0 Å². The molecule has 22 heavy (non-hydrogen) atoms. The molecule has 4 rings (SSSR count). The molecule has 1 aromatic carbocycles. The van der Waals surface area contributed by atoms with Crippen LogP contribution in [0.25, 0.3) is 11.3 Å². The molecule has 0 N–H and O–H groups in total. The third-order valence-corrected chi connectivity index (χ3v) is 5.65. The van der Waals surface area contributed by atoms with Gasteiger partial charge in [-0.1, -0.05) is 44.5 Å². The first-order valence-corrected chi connectivity index (χ1v) is 8.63. The summed E-state index contributed by atoms with van der Waals surface area (Å²) < 4.78 is 0. The van der Waals surface area contributed by atoms with Crippen molar-refractivity contribution in [1.82, 2.24) is 9.97 Å². The Morgan fingerprint density at radius 2 is 1.82 bits per heavy atom. The second-order valence-electron chi connectivity index (χ2n) is 7.39. The third-order valence-electron chi connectivity index (χ3n) is 5.65. The summed E-state index contributed by atoms with van der Waals surface area (Å²) in [5, 5.41) is 0. The van der Waals surface area contributed by atoms with Crippen LogP contribution in [0, 0.1) is 11.8 Å². The third kappa shape index (κ3) is 2.45. The van der Waals surface area contributed by atoms with Crippen LogP contribution in [0.15, 0.2) is 36.7 Å². The molecule has 2 nitrogen and oxygen atoms in total. The van der Waals surface area contributed by atoms with Crippen LogP contribution in [0.4, 0.5) is 0 Å². The average Bonchev–Trinajstić information content (AvgIpc) is 3.18. The molecule has 2 aromatic rings. The van der Waals surface area contributed by atoms with Crippen LogP contribution in [-0.4, -0.2) is 9.97 Å². The lowest BCUT2D eigenvalue weighted by Gasteiger charge is -2.22. The zero-order valence-electron chi connectivity index (χ0n) is 13.5. The molecular weight excluding hydrogens is 268 g/mol. The Bertz CT molecular complexity index is 660. The van der Waals surface area contributed by atoms with E-state index in [-0.39, 0.29) is 0 Å². The van der Waals surface area contributed by atoms with Crippen molar-refractivity contribution in [2.75, 3.05) is 0 Å². The van der Waals surface area contributed by atoms with Crippen LogP contribution in [0.5, 0.6) is 0 Å². The molecule has 2 heteroatoms. The number of aromatic nitrogens is 2. The monoisotopic (exact) mass is 292 g/mol. The predicted octanol–water partition coefficient (Wildman–Crippen LogP) is 5.17. The highest BCUT2D eigenvalue weighted by Crippen LogP contribution is 2.52. The minimum atomic E-state index is 0.440. The highest BCUT2D eigenvalue weighted by Gasteiger charge is 2.39. The van der Waals surface area contributed by atoms with Crippen LogP contribution >= 0.6 is 0 Å². The SMILES string of the molecule is CC(C)c1cc(-c2ccc(C3CC4CCC3C4)cc2)ncn1. The van der Waals surface area contributed by atoms with Gasteiger partial charge in [-0.3, -0.25) is 0 Å². The fourth-order valence-corrected chi connectivity index (χ4v) is 4.40. The van der Waals surface area contributed by atoms with Gasteiger partial charge < -0.3 is 0 Å². The fraction of sp³-hybridized carbons (Fsp3) is 0.500. The minimum Gasteiger partial charge on any atom is -0.241 e. The van der Waals surface area contributed by atoms with E-state index >= 15 is 0 Å². The molecule has 0 radical (unpaired) electrons. The molecule has 0 spiro atoms. The van der Waals surface area contributed by atoms with Gasteiger partial charge in [-0.05, 0) is 54.6 Å². The van der Waals surface area contributed by atoms with Gasteiger partial charge >= 0.3 is 0 Å². The number of nitrogens with zero attached hydrogens (tertiary/aromatic N) is 2. The molecule has 1 heterocycles. The van der Waals surface area contributed by atoms with Crippen LogP contribution in [0.2, 0.25) is 0 Å². The number of benzene rings is 1. The number of rotatable bonds is 3. The van der Waals surface area contributed by atoms with Gasteiger partial charge in [0.05, 0.1) is 5.69 Å². The molecule has 2 aliphatic rings. The van der Waals surface area contributed by atoms with Crippen molar-refractivity contribution in [3.05, 3.63) is 47.9 Å². The molecule has 0 aliphatic heterocycles. The summed E-state index contributed by atoms with van der Waals surface area (Å²) in [6, 6.07) is 11.3. The maximum Gasteiger partial charge on any atom is 0.116 e. The van der Waals surface area contributed by atoms with Crippen molar-refractivity contribution in [2.24, 2.45) is 11.8 Å². The fourth-order valence-electron chi connectivity index (χ4n) is 4.40. The van der Waals surface area contributed by atoms with Crippen LogP contribution in [-0.2, 0) is 0 Å². The largest absolute Gasteiger partial charge is 0.241 e. The second kappa shape index (κ2) is 5.49. The summed E-state index contributed by atoms with van der Waals surface area (Å²) in [5.74, 6) is 3.20. The van der Waals surface area contributed by atoms with Crippen molar-refractivity contribution in [3.63, 3.8) is 0 Å². The van der Waals surface area contributed by atoms with Crippen molar-refractivity contribution in [1.29, 1.82) is 0 Å². The molecule has 0 amide bonds. The second-order valence-corrected chi connectivity index (χ2v) is 7.39. The van der Waals surface area contributed by atoms with E-state index in [9.17, 15) is 0 Å². The zero-order valence-corrected chi connectivity index (χ0v) is 13.5. The lowest BCUT2D eigenvalue weighted by Crippen LogP contribution is -2.08. The molecule has 3 unspecified atom stereocenters. The van der Waals surface area contributed by atoms with Gasteiger partial charge in [0.25, 0.3) is 0 Å². The summed E-state index contributed by atoms with van der Waals surface area (Å²) in [6.07, 6.45) is 7.48. The highest BCUT2D eigenvalue weighted by atomic mass is 14.8. The molecule has 1 aromatic heterocycles. The quantitative estimate of drug-likeness (QED) is 0.780. The Balaban J connectivity index is 1.58. The first kappa shape index (κ1) is 13.9. The maximum atomic E-state index is 4.45. The summed E-state index contributed by atoms with van der Waals surface area (Å²) in [7, 11) is 0. The van der Waals surface area contributed by atoms with Gasteiger partial charge in [-0.25, -0.2) is 9.97 Å². The molecule has 2 aliphatic carbocycles. The standard InChI is InChI=1S/C20H24N2/c1-13(2)19-11-20(22-12-21-19)16-7-5-15(6-8-16)18-10-14-3-4-17(18)9-14/h5-8,11-14,17-18H,3-4,9-10H2,1-2H3. The summed E-state index contributed by atoms with van der Waals surface area (Å²) in [4.78, 5) is 8.81. The lowest BCUT2D eigenvalue weighted by molar-refractivity contribution is 0.420. The molecule has 114 valence electrons. The Morgan fingerprint density at radius 1 is 1.00 bits per heavy atom. The topological polar surface area (TPSA) is 25.8 Å². The van der Waals surface area contributed by atoms with Gasteiger partial charge in [0, 0.05) is 11.3 Å². The zero-order chi connectivity index (χ0) is 15.1. The summed E-state index contributed by atoms with van der Waals surface area (Å²) in [5.41, 5.74) is 4.89. The molecule has 2 fully saturated rings. The predicted molar refractivity (Wildman–Crippen MR) is 89.7 cm³/mol. The Morgan fingerprint density at radius 3 is 2.45 bits per heavy atom. The normalized spacial score (nSPS) is 26.8. The highest BCUT2D eigenvalue weighted by molar-refractivity contribution is 5.59. The van der Waals surface area contributed by atoms with Crippen molar-refractivity contribution >= 4 is 0 Å². The van der Waals surface area contributed by atoms with E-state index in [0.29, 0.717) is 5.92 Å². The van der Waals surface area contributed by atoms with E-state index in [0.717, 1.165) is 29.1 Å². The van der Waals surface area contributed by atoms with Crippen LogP contribution in [0.1, 0.15) is 62.6 Å². The van der Waals surface area contributed by atoms with E-state index in [1.54, 1.807) is 6.33 Å². The van der Waals surface area contributed by atoms with E-state index < -0.39 is 0 Å².